The molecule has 0 spiro atoms. The summed E-state index contributed by atoms with van der Waals surface area (Å²) in [6.45, 7) is 0. The molecule has 0 aliphatic carbocycles. The molecule has 3 heterocycles. The molecule has 0 saturated carbocycles. The predicted molar refractivity (Wildman–Crippen MR) is 85.8 cm³/mol. The topological polar surface area (TPSA) is 69.2 Å². The van der Waals surface area contributed by atoms with Gasteiger partial charge in [0.15, 0.2) is 0 Å². The number of hydrogen-bond donors (Lipinski definition) is 2. The SMILES string of the molecule is O=C(c1cn[nH]c1)N1[C@H]2CC[C@H]1CC(O)(Cc1ccc(F)cc1F)C2. The Morgan fingerprint density at radius 1 is 1.32 bits per heavy atom. The molecule has 2 aliphatic rings. The second kappa shape index (κ2) is 5.91. The van der Waals surface area contributed by atoms with Crippen LogP contribution in [0.2, 0.25) is 0 Å². The smallest absolute Gasteiger partial charge is 0.257 e. The van der Waals surface area contributed by atoms with Gasteiger partial charge < -0.3 is 10.0 Å². The summed E-state index contributed by atoms with van der Waals surface area (Å²) in [4.78, 5) is 14.5. The lowest BCUT2D eigenvalue weighted by molar-refractivity contribution is -0.0431. The van der Waals surface area contributed by atoms with Gasteiger partial charge >= 0.3 is 0 Å². The Labute approximate surface area is 143 Å². The first-order valence-corrected chi connectivity index (χ1v) is 8.43. The lowest BCUT2D eigenvalue weighted by Crippen LogP contribution is -2.54. The number of H-pyrrole nitrogens is 1. The average molecular weight is 347 g/mol. The third-order valence-electron chi connectivity index (χ3n) is 5.37. The van der Waals surface area contributed by atoms with Crippen molar-refractivity contribution in [2.24, 2.45) is 0 Å². The number of rotatable bonds is 3. The first kappa shape index (κ1) is 16.2. The van der Waals surface area contributed by atoms with Gasteiger partial charge in [0.25, 0.3) is 5.91 Å². The van der Waals surface area contributed by atoms with Crippen molar-refractivity contribution in [3.8, 4) is 0 Å². The first-order valence-electron chi connectivity index (χ1n) is 8.43. The van der Waals surface area contributed by atoms with Gasteiger partial charge in [-0.25, -0.2) is 8.78 Å². The Morgan fingerprint density at radius 3 is 2.64 bits per heavy atom. The van der Waals surface area contributed by atoms with E-state index in [0.29, 0.717) is 24.0 Å². The van der Waals surface area contributed by atoms with E-state index >= 15 is 0 Å². The highest BCUT2D eigenvalue weighted by molar-refractivity contribution is 5.94. The van der Waals surface area contributed by atoms with E-state index in [2.05, 4.69) is 10.2 Å². The lowest BCUT2D eigenvalue weighted by Gasteiger charge is -2.44. The van der Waals surface area contributed by atoms with E-state index in [4.69, 9.17) is 0 Å². The molecule has 2 aliphatic heterocycles. The fourth-order valence-electron chi connectivity index (χ4n) is 4.33. The van der Waals surface area contributed by atoms with Gasteiger partial charge in [0.05, 0.1) is 17.4 Å². The summed E-state index contributed by atoms with van der Waals surface area (Å²) in [5.74, 6) is -1.36. The maximum Gasteiger partial charge on any atom is 0.257 e. The maximum atomic E-state index is 14.0. The van der Waals surface area contributed by atoms with E-state index in [0.717, 1.165) is 18.9 Å². The third-order valence-corrected chi connectivity index (χ3v) is 5.37. The van der Waals surface area contributed by atoms with Crippen molar-refractivity contribution in [3.05, 3.63) is 53.4 Å². The number of hydrogen-bond acceptors (Lipinski definition) is 3. The molecule has 2 saturated heterocycles. The van der Waals surface area contributed by atoms with Gasteiger partial charge in [-0.2, -0.15) is 5.10 Å². The zero-order valence-corrected chi connectivity index (χ0v) is 13.6. The van der Waals surface area contributed by atoms with Crippen molar-refractivity contribution in [2.75, 3.05) is 0 Å². The van der Waals surface area contributed by atoms with Gasteiger partial charge in [-0.1, -0.05) is 6.07 Å². The van der Waals surface area contributed by atoms with Crippen LogP contribution in [0.5, 0.6) is 0 Å². The first-order chi connectivity index (χ1) is 12.0. The molecule has 0 radical (unpaired) electrons. The number of fused-ring (bicyclic) bond motifs is 2. The predicted octanol–water partition coefficient (Wildman–Crippen LogP) is 2.43. The summed E-state index contributed by atoms with van der Waals surface area (Å²) < 4.78 is 27.0. The molecule has 1 aromatic carbocycles. The highest BCUT2D eigenvalue weighted by Crippen LogP contribution is 2.43. The second-order valence-corrected chi connectivity index (χ2v) is 7.13. The van der Waals surface area contributed by atoms with Gasteiger partial charge in [-0.05, 0) is 37.3 Å². The Balaban J connectivity index is 1.53. The van der Waals surface area contributed by atoms with Crippen LogP contribution in [0.4, 0.5) is 8.78 Å². The van der Waals surface area contributed by atoms with Crippen molar-refractivity contribution in [3.63, 3.8) is 0 Å². The summed E-state index contributed by atoms with van der Waals surface area (Å²) in [6.07, 6.45) is 5.62. The van der Waals surface area contributed by atoms with Crippen LogP contribution >= 0.6 is 0 Å². The summed E-state index contributed by atoms with van der Waals surface area (Å²) in [6, 6.07) is 3.27. The highest BCUT2D eigenvalue weighted by Gasteiger charge is 2.49. The monoisotopic (exact) mass is 347 g/mol. The molecule has 1 aromatic heterocycles. The number of amides is 1. The average Bonchev–Trinajstić information content (AvgIpc) is 3.17. The number of halogens is 2. The van der Waals surface area contributed by atoms with Crippen molar-refractivity contribution in [1.82, 2.24) is 15.1 Å². The molecule has 2 bridgehead atoms. The van der Waals surface area contributed by atoms with E-state index < -0.39 is 17.2 Å². The number of nitrogens with zero attached hydrogens (tertiary/aromatic N) is 2. The zero-order chi connectivity index (χ0) is 17.6. The maximum absolute atomic E-state index is 14.0. The van der Waals surface area contributed by atoms with Gasteiger partial charge in [-0.3, -0.25) is 9.89 Å². The zero-order valence-electron chi connectivity index (χ0n) is 13.6. The Morgan fingerprint density at radius 2 is 2.04 bits per heavy atom. The van der Waals surface area contributed by atoms with Crippen molar-refractivity contribution in [2.45, 2.75) is 49.8 Å². The highest BCUT2D eigenvalue weighted by atomic mass is 19.1. The van der Waals surface area contributed by atoms with Gasteiger partial charge in [0.2, 0.25) is 0 Å². The molecule has 2 N–H and O–H groups in total. The van der Waals surface area contributed by atoms with Crippen molar-refractivity contribution >= 4 is 5.91 Å². The summed E-state index contributed by atoms with van der Waals surface area (Å²) in [7, 11) is 0. The number of aliphatic hydroxyl groups is 1. The van der Waals surface area contributed by atoms with Crippen LogP contribution in [0.3, 0.4) is 0 Å². The Kier molecular flexibility index (Phi) is 3.83. The van der Waals surface area contributed by atoms with E-state index in [-0.39, 0.29) is 24.4 Å². The minimum Gasteiger partial charge on any atom is -0.389 e. The van der Waals surface area contributed by atoms with Crippen LogP contribution in [0.25, 0.3) is 0 Å². The molecule has 2 fully saturated rings. The Bertz CT molecular complexity index is 780. The number of aromatic nitrogens is 2. The van der Waals surface area contributed by atoms with E-state index in [1.165, 1.54) is 18.3 Å². The standard InChI is InChI=1S/C18H19F2N3O2/c19-13-2-1-11(16(20)5-13)6-18(25)7-14-3-4-15(8-18)23(14)17(24)12-9-21-22-10-12/h1-2,5,9-10,14-15,25H,3-4,6-8H2,(H,21,22)/t14-,15-/m0/s1. The molecule has 132 valence electrons. The molecule has 4 rings (SSSR count). The number of nitrogens with one attached hydrogen (secondary N) is 1. The summed E-state index contributed by atoms with van der Waals surface area (Å²) in [5.41, 5.74) is -0.276. The largest absolute Gasteiger partial charge is 0.389 e. The number of benzene rings is 1. The molecule has 1 amide bonds. The molecular weight excluding hydrogens is 328 g/mol. The van der Waals surface area contributed by atoms with E-state index in [1.54, 1.807) is 6.20 Å². The van der Waals surface area contributed by atoms with Crippen LogP contribution in [0.15, 0.2) is 30.6 Å². The molecule has 2 aromatic rings. The second-order valence-electron chi connectivity index (χ2n) is 7.13. The van der Waals surface area contributed by atoms with E-state index in [1.807, 2.05) is 4.90 Å². The molecule has 5 nitrogen and oxygen atoms in total. The number of aromatic amines is 1. The Hall–Kier alpha value is -2.28. The summed E-state index contributed by atoms with van der Waals surface area (Å²) in [5, 5.41) is 17.5. The van der Waals surface area contributed by atoms with Crippen LogP contribution in [0, 0.1) is 11.6 Å². The normalized spacial score (nSPS) is 28.4. The molecular formula is C18H19F2N3O2. The lowest BCUT2D eigenvalue weighted by atomic mass is 9.81. The fraction of sp³-hybridized carbons (Fsp3) is 0.444. The summed E-state index contributed by atoms with van der Waals surface area (Å²) >= 11 is 0. The minimum atomic E-state index is -1.09. The van der Waals surface area contributed by atoms with Crippen LogP contribution in [0.1, 0.15) is 41.6 Å². The van der Waals surface area contributed by atoms with Crippen LogP contribution in [-0.2, 0) is 6.42 Å². The van der Waals surface area contributed by atoms with Crippen LogP contribution in [-0.4, -0.2) is 43.8 Å². The number of carbonyl (C=O) groups is 1. The van der Waals surface area contributed by atoms with Gasteiger partial charge in [0, 0.05) is 30.8 Å². The fourth-order valence-corrected chi connectivity index (χ4v) is 4.33. The van der Waals surface area contributed by atoms with E-state index in [9.17, 15) is 18.7 Å². The number of piperidine rings is 1. The molecule has 7 heteroatoms. The third kappa shape index (κ3) is 2.93. The van der Waals surface area contributed by atoms with Crippen LogP contribution < -0.4 is 0 Å². The molecule has 0 unspecified atom stereocenters. The van der Waals surface area contributed by atoms with Crippen molar-refractivity contribution < 1.29 is 18.7 Å². The quantitative estimate of drug-likeness (QED) is 0.896. The van der Waals surface area contributed by atoms with Crippen molar-refractivity contribution in [1.29, 1.82) is 0 Å². The van der Waals surface area contributed by atoms with Gasteiger partial charge in [-0.15, -0.1) is 0 Å². The number of carbonyl (C=O) groups excluding carboxylic acids is 1. The van der Waals surface area contributed by atoms with Gasteiger partial charge in [0.1, 0.15) is 11.6 Å². The molecule has 2 atom stereocenters. The molecule has 25 heavy (non-hydrogen) atoms. The minimum absolute atomic E-state index is 0.0744.